The van der Waals surface area contributed by atoms with E-state index in [2.05, 4.69) is 4.98 Å². The fraction of sp³-hybridized carbons (Fsp3) is 0.312. The van der Waals surface area contributed by atoms with Gasteiger partial charge in [0.15, 0.2) is 0 Å². The summed E-state index contributed by atoms with van der Waals surface area (Å²) in [4.78, 5) is 27.4. The highest BCUT2D eigenvalue weighted by Gasteiger charge is 2.28. The Morgan fingerprint density at radius 2 is 2.09 bits per heavy atom. The summed E-state index contributed by atoms with van der Waals surface area (Å²) in [5.74, 6) is -0.207. The van der Waals surface area contributed by atoms with Crippen molar-refractivity contribution < 1.29 is 14.3 Å². The molecule has 1 aliphatic heterocycles. The molecule has 7 heteroatoms. The van der Waals surface area contributed by atoms with Crippen molar-refractivity contribution in [1.82, 2.24) is 9.55 Å². The zero-order valence-corrected chi connectivity index (χ0v) is 12.4. The first kappa shape index (κ1) is 15.2. The molecule has 1 fully saturated rings. The van der Waals surface area contributed by atoms with E-state index in [4.69, 9.17) is 15.2 Å². The van der Waals surface area contributed by atoms with Gasteiger partial charge in [-0.25, -0.2) is 9.59 Å². The van der Waals surface area contributed by atoms with Crippen LogP contribution in [0.3, 0.4) is 0 Å². The average Bonchev–Trinajstić information content (AvgIpc) is 3.02. The predicted octanol–water partition coefficient (Wildman–Crippen LogP) is 1.36. The largest absolute Gasteiger partial charge is 0.459 e. The van der Waals surface area contributed by atoms with Crippen LogP contribution < -0.4 is 11.4 Å². The molecule has 0 spiro atoms. The van der Waals surface area contributed by atoms with E-state index in [1.54, 1.807) is 36.5 Å². The molecule has 2 aromatic rings. The van der Waals surface area contributed by atoms with Gasteiger partial charge in [-0.2, -0.15) is 4.98 Å². The molecule has 23 heavy (non-hydrogen) atoms. The van der Waals surface area contributed by atoms with Crippen molar-refractivity contribution in [3.63, 3.8) is 0 Å². The molecule has 0 bridgehead atoms. The third-order valence-corrected chi connectivity index (χ3v) is 3.66. The average molecular weight is 315 g/mol. The van der Waals surface area contributed by atoms with E-state index >= 15 is 0 Å². The molecule has 2 atom stereocenters. The standard InChI is InChI=1S/C16H17N3O4/c17-13-8-9-19(16(21)18-13)14-7-6-12(23-14)10-22-15(20)11-4-2-1-3-5-11/h1-5,8-9,12,14H,6-7,10H2,(H2,17,18,21). The number of benzene rings is 1. The maximum atomic E-state index is 11.9. The Morgan fingerprint density at radius 1 is 1.30 bits per heavy atom. The first-order valence-electron chi connectivity index (χ1n) is 7.36. The van der Waals surface area contributed by atoms with Crippen molar-refractivity contribution in [1.29, 1.82) is 0 Å². The van der Waals surface area contributed by atoms with Crippen LogP contribution in [0.25, 0.3) is 0 Å². The smallest absolute Gasteiger partial charge is 0.351 e. The lowest BCUT2D eigenvalue weighted by Gasteiger charge is -2.15. The lowest BCUT2D eigenvalue weighted by atomic mass is 10.2. The number of aromatic nitrogens is 2. The third-order valence-electron chi connectivity index (χ3n) is 3.66. The number of nitrogens with zero attached hydrogens (tertiary/aromatic N) is 2. The van der Waals surface area contributed by atoms with Gasteiger partial charge in [-0.15, -0.1) is 0 Å². The number of rotatable bonds is 4. The van der Waals surface area contributed by atoms with Gasteiger partial charge < -0.3 is 15.2 Å². The number of anilines is 1. The predicted molar refractivity (Wildman–Crippen MR) is 82.8 cm³/mol. The van der Waals surface area contributed by atoms with Gasteiger partial charge in [-0.1, -0.05) is 18.2 Å². The summed E-state index contributed by atoms with van der Waals surface area (Å²) in [6.45, 7) is 0.154. The lowest BCUT2D eigenvalue weighted by molar-refractivity contribution is -0.0339. The second-order valence-corrected chi connectivity index (χ2v) is 5.30. The summed E-state index contributed by atoms with van der Waals surface area (Å²) in [6, 6.07) is 10.3. The van der Waals surface area contributed by atoms with Gasteiger partial charge in [-0.3, -0.25) is 4.57 Å². The van der Waals surface area contributed by atoms with Crippen molar-refractivity contribution >= 4 is 11.8 Å². The van der Waals surface area contributed by atoms with Crippen molar-refractivity contribution in [2.45, 2.75) is 25.2 Å². The minimum absolute atomic E-state index is 0.154. The van der Waals surface area contributed by atoms with Crippen LogP contribution in [0.4, 0.5) is 5.82 Å². The van der Waals surface area contributed by atoms with Gasteiger partial charge >= 0.3 is 11.7 Å². The van der Waals surface area contributed by atoms with Crippen molar-refractivity contribution in [3.8, 4) is 0 Å². The highest BCUT2D eigenvalue weighted by Crippen LogP contribution is 2.27. The van der Waals surface area contributed by atoms with E-state index in [-0.39, 0.29) is 24.5 Å². The first-order chi connectivity index (χ1) is 11.1. The van der Waals surface area contributed by atoms with E-state index in [0.717, 1.165) is 0 Å². The molecule has 0 aliphatic carbocycles. The monoisotopic (exact) mass is 315 g/mol. The second kappa shape index (κ2) is 6.62. The van der Waals surface area contributed by atoms with Gasteiger partial charge in [0.1, 0.15) is 18.7 Å². The van der Waals surface area contributed by atoms with Gasteiger partial charge in [0.25, 0.3) is 0 Å². The Morgan fingerprint density at radius 3 is 2.83 bits per heavy atom. The normalized spacial score (nSPS) is 20.3. The highest BCUT2D eigenvalue weighted by molar-refractivity contribution is 5.89. The molecule has 0 amide bonds. The number of esters is 1. The topological polar surface area (TPSA) is 96.4 Å². The van der Waals surface area contributed by atoms with Crippen LogP contribution in [0.5, 0.6) is 0 Å². The van der Waals surface area contributed by atoms with E-state index in [1.807, 2.05) is 6.07 Å². The molecule has 3 rings (SSSR count). The van der Waals surface area contributed by atoms with Crippen molar-refractivity contribution in [2.24, 2.45) is 0 Å². The van der Waals surface area contributed by atoms with Crippen LogP contribution >= 0.6 is 0 Å². The number of nitrogen functional groups attached to an aromatic ring is 1. The summed E-state index contributed by atoms with van der Waals surface area (Å²) >= 11 is 0. The molecular formula is C16H17N3O4. The van der Waals surface area contributed by atoms with Crippen molar-refractivity contribution in [3.05, 3.63) is 58.6 Å². The minimum Gasteiger partial charge on any atom is -0.459 e. The van der Waals surface area contributed by atoms with Crippen LogP contribution in [0, 0.1) is 0 Å². The van der Waals surface area contributed by atoms with Crippen LogP contribution in [-0.4, -0.2) is 28.2 Å². The molecule has 120 valence electrons. The molecule has 0 saturated carbocycles. The molecule has 1 saturated heterocycles. The van der Waals surface area contributed by atoms with Crippen LogP contribution in [0.1, 0.15) is 29.4 Å². The molecule has 7 nitrogen and oxygen atoms in total. The molecule has 2 heterocycles. The minimum atomic E-state index is -0.447. The van der Waals surface area contributed by atoms with E-state index < -0.39 is 11.9 Å². The van der Waals surface area contributed by atoms with Gasteiger partial charge in [0.2, 0.25) is 0 Å². The first-order valence-corrected chi connectivity index (χ1v) is 7.36. The Bertz CT molecular complexity index is 744. The number of hydrogen-bond donors (Lipinski definition) is 1. The summed E-state index contributed by atoms with van der Waals surface area (Å²) in [5.41, 5.74) is 5.52. The summed E-state index contributed by atoms with van der Waals surface area (Å²) in [5, 5.41) is 0. The second-order valence-electron chi connectivity index (χ2n) is 5.30. The van der Waals surface area contributed by atoms with Gasteiger partial charge in [-0.05, 0) is 31.0 Å². The van der Waals surface area contributed by atoms with Crippen LogP contribution in [0.2, 0.25) is 0 Å². The molecular weight excluding hydrogens is 298 g/mol. The highest BCUT2D eigenvalue weighted by atomic mass is 16.6. The lowest BCUT2D eigenvalue weighted by Crippen LogP contribution is -2.28. The SMILES string of the molecule is Nc1ccn(C2CCC(COC(=O)c3ccccc3)O2)c(=O)n1. The zero-order chi connectivity index (χ0) is 16.2. The van der Waals surface area contributed by atoms with E-state index in [1.165, 1.54) is 4.57 Å². The molecule has 1 aromatic heterocycles. The van der Waals surface area contributed by atoms with E-state index in [9.17, 15) is 9.59 Å². The number of carbonyl (C=O) groups is 1. The third kappa shape index (κ3) is 3.57. The fourth-order valence-corrected chi connectivity index (χ4v) is 2.49. The quantitative estimate of drug-likeness (QED) is 0.856. The molecule has 0 radical (unpaired) electrons. The summed E-state index contributed by atoms with van der Waals surface area (Å²) < 4.78 is 12.4. The van der Waals surface area contributed by atoms with Crippen LogP contribution in [0.15, 0.2) is 47.4 Å². The molecule has 2 N–H and O–H groups in total. The maximum absolute atomic E-state index is 11.9. The zero-order valence-electron chi connectivity index (χ0n) is 12.4. The Hall–Kier alpha value is -2.67. The molecule has 1 aromatic carbocycles. The van der Waals surface area contributed by atoms with Gasteiger partial charge in [0, 0.05) is 6.20 Å². The van der Waals surface area contributed by atoms with Crippen molar-refractivity contribution in [2.75, 3.05) is 12.3 Å². The fourth-order valence-electron chi connectivity index (χ4n) is 2.49. The summed E-state index contributed by atoms with van der Waals surface area (Å²) in [7, 11) is 0. The Balaban J connectivity index is 1.56. The molecule has 2 unspecified atom stereocenters. The van der Waals surface area contributed by atoms with E-state index in [0.29, 0.717) is 18.4 Å². The Kier molecular flexibility index (Phi) is 4.38. The summed E-state index contributed by atoms with van der Waals surface area (Å²) in [6.07, 6.45) is 2.27. The number of nitrogens with two attached hydrogens (primary N) is 1. The molecule has 1 aliphatic rings. The number of carbonyl (C=O) groups excluding carboxylic acids is 1. The number of ether oxygens (including phenoxy) is 2. The number of hydrogen-bond acceptors (Lipinski definition) is 6. The van der Waals surface area contributed by atoms with Gasteiger partial charge in [0.05, 0.1) is 11.7 Å². The Labute approximate surface area is 132 Å². The van der Waals surface area contributed by atoms with Crippen LogP contribution in [-0.2, 0) is 9.47 Å². The maximum Gasteiger partial charge on any atom is 0.351 e.